The molecule has 2 heterocycles. The molecule has 1 aliphatic rings. The van der Waals surface area contributed by atoms with E-state index >= 15 is 0 Å². The summed E-state index contributed by atoms with van der Waals surface area (Å²) in [6, 6.07) is 7.77. The number of methoxy groups -OCH3 is 1. The lowest BCUT2D eigenvalue weighted by Gasteiger charge is -2.29. The lowest BCUT2D eigenvalue weighted by molar-refractivity contribution is -0.135. The van der Waals surface area contributed by atoms with Crippen molar-refractivity contribution >= 4 is 11.9 Å². The Labute approximate surface area is 165 Å². The van der Waals surface area contributed by atoms with Crippen LogP contribution in [0.5, 0.6) is 5.75 Å². The second-order valence-electron chi connectivity index (χ2n) is 7.17. The highest BCUT2D eigenvalue weighted by Crippen LogP contribution is 2.26. The van der Waals surface area contributed by atoms with Gasteiger partial charge < -0.3 is 14.4 Å². The monoisotopic (exact) mass is 385 g/mol. The molecular weight excluding hydrogens is 358 g/mol. The molecule has 1 aromatic carbocycles. The number of amides is 1. The van der Waals surface area contributed by atoms with Crippen LogP contribution in [0.15, 0.2) is 24.3 Å². The summed E-state index contributed by atoms with van der Waals surface area (Å²) in [5.74, 6) is 0.334. The lowest BCUT2D eigenvalue weighted by atomic mass is 10.0. The maximum atomic E-state index is 12.5. The van der Waals surface area contributed by atoms with E-state index in [9.17, 15) is 9.59 Å². The van der Waals surface area contributed by atoms with Crippen molar-refractivity contribution in [2.75, 3.05) is 20.3 Å². The molecule has 3 rings (SSSR count). The molecule has 7 heteroatoms. The van der Waals surface area contributed by atoms with Crippen LogP contribution in [0.1, 0.15) is 48.1 Å². The van der Waals surface area contributed by atoms with E-state index in [1.54, 1.807) is 18.9 Å². The van der Waals surface area contributed by atoms with Crippen molar-refractivity contribution in [3.8, 4) is 5.75 Å². The third-order valence-corrected chi connectivity index (χ3v) is 4.87. The zero-order valence-electron chi connectivity index (χ0n) is 16.9. The summed E-state index contributed by atoms with van der Waals surface area (Å²) in [6.07, 6.45) is 0.657. The van der Waals surface area contributed by atoms with Crippen LogP contribution < -0.4 is 4.74 Å². The number of ether oxygens (including phenoxy) is 2. The van der Waals surface area contributed by atoms with Gasteiger partial charge in [-0.3, -0.25) is 9.48 Å². The van der Waals surface area contributed by atoms with Crippen molar-refractivity contribution in [1.82, 2.24) is 14.7 Å². The number of carbonyl (C=O) groups excluding carboxylic acids is 2. The molecule has 0 spiro atoms. The van der Waals surface area contributed by atoms with E-state index in [0.717, 1.165) is 22.6 Å². The maximum Gasteiger partial charge on any atom is 0.359 e. The standard InChI is InChI=1S/C21H27N3O4/c1-5-28-21(26)19-17-13-23(20(25)14(2)3)10-9-18(17)24(22-19)12-15-7-6-8-16(11-15)27-4/h6-8,11,14H,5,9-10,12-13H2,1-4H3. The molecule has 150 valence electrons. The van der Waals surface area contributed by atoms with E-state index in [2.05, 4.69) is 5.10 Å². The van der Waals surface area contributed by atoms with E-state index in [1.165, 1.54) is 0 Å². The van der Waals surface area contributed by atoms with Crippen molar-refractivity contribution in [3.05, 3.63) is 46.8 Å². The Bertz CT molecular complexity index is 873. The molecule has 7 nitrogen and oxygen atoms in total. The van der Waals surface area contributed by atoms with E-state index in [1.807, 2.05) is 42.8 Å². The molecule has 0 radical (unpaired) electrons. The molecule has 2 aromatic rings. The van der Waals surface area contributed by atoms with Crippen molar-refractivity contribution < 1.29 is 19.1 Å². The maximum absolute atomic E-state index is 12.5. The quantitative estimate of drug-likeness (QED) is 0.715. The molecule has 0 atom stereocenters. The predicted octanol–water partition coefficient (Wildman–Crippen LogP) is 2.66. The Morgan fingerprint density at radius 2 is 2.07 bits per heavy atom. The second-order valence-corrected chi connectivity index (χ2v) is 7.17. The fourth-order valence-corrected chi connectivity index (χ4v) is 3.48. The minimum atomic E-state index is -0.443. The Morgan fingerprint density at radius 3 is 2.75 bits per heavy atom. The lowest BCUT2D eigenvalue weighted by Crippen LogP contribution is -2.39. The first-order valence-electron chi connectivity index (χ1n) is 9.62. The minimum absolute atomic E-state index is 0.0839. The molecule has 1 aromatic heterocycles. The molecular formula is C21H27N3O4. The molecule has 0 fully saturated rings. The first-order chi connectivity index (χ1) is 13.4. The number of fused-ring (bicyclic) bond motifs is 1. The predicted molar refractivity (Wildman–Crippen MR) is 104 cm³/mol. The van der Waals surface area contributed by atoms with Crippen LogP contribution in [0.25, 0.3) is 0 Å². The van der Waals surface area contributed by atoms with Crippen LogP contribution in [0.4, 0.5) is 0 Å². The van der Waals surface area contributed by atoms with Gasteiger partial charge in [0.1, 0.15) is 5.75 Å². The molecule has 0 N–H and O–H groups in total. The number of nitrogens with zero attached hydrogens (tertiary/aromatic N) is 3. The third kappa shape index (κ3) is 4.03. The molecule has 0 aliphatic carbocycles. The zero-order chi connectivity index (χ0) is 20.3. The van der Waals surface area contributed by atoms with Crippen LogP contribution >= 0.6 is 0 Å². The van der Waals surface area contributed by atoms with Crippen molar-refractivity contribution in [2.24, 2.45) is 5.92 Å². The number of rotatable bonds is 6. The number of carbonyl (C=O) groups is 2. The Hall–Kier alpha value is -2.83. The summed E-state index contributed by atoms with van der Waals surface area (Å²) in [5, 5.41) is 4.56. The van der Waals surface area contributed by atoms with Crippen molar-refractivity contribution in [1.29, 1.82) is 0 Å². The molecule has 1 aliphatic heterocycles. The van der Waals surface area contributed by atoms with Gasteiger partial charge in [-0.1, -0.05) is 26.0 Å². The van der Waals surface area contributed by atoms with Crippen molar-refractivity contribution in [3.63, 3.8) is 0 Å². The van der Waals surface area contributed by atoms with Gasteiger partial charge in [-0.2, -0.15) is 5.10 Å². The summed E-state index contributed by atoms with van der Waals surface area (Å²) >= 11 is 0. The van der Waals surface area contributed by atoms with Gasteiger partial charge in [-0.25, -0.2) is 4.79 Å². The Kier molecular flexibility index (Phi) is 6.02. The minimum Gasteiger partial charge on any atom is -0.497 e. The number of benzene rings is 1. The topological polar surface area (TPSA) is 73.7 Å². The highest BCUT2D eigenvalue weighted by Gasteiger charge is 2.31. The highest BCUT2D eigenvalue weighted by molar-refractivity contribution is 5.89. The molecule has 0 bridgehead atoms. The van der Waals surface area contributed by atoms with Gasteiger partial charge in [0.2, 0.25) is 5.91 Å². The highest BCUT2D eigenvalue weighted by atomic mass is 16.5. The first-order valence-corrected chi connectivity index (χ1v) is 9.62. The SMILES string of the molecule is CCOC(=O)c1nn(Cc2cccc(OC)c2)c2c1CN(C(=O)C(C)C)CC2. The van der Waals surface area contributed by atoms with Gasteiger partial charge in [0.25, 0.3) is 0 Å². The summed E-state index contributed by atoms with van der Waals surface area (Å²) in [7, 11) is 1.63. The van der Waals surface area contributed by atoms with E-state index in [0.29, 0.717) is 31.7 Å². The van der Waals surface area contributed by atoms with Gasteiger partial charge >= 0.3 is 5.97 Å². The number of hydrogen-bond donors (Lipinski definition) is 0. The van der Waals surface area contributed by atoms with E-state index < -0.39 is 5.97 Å². The van der Waals surface area contributed by atoms with Gasteiger partial charge in [-0.15, -0.1) is 0 Å². The zero-order valence-corrected chi connectivity index (χ0v) is 16.9. The summed E-state index contributed by atoms with van der Waals surface area (Å²) < 4.78 is 12.3. The smallest absolute Gasteiger partial charge is 0.359 e. The first kappa shape index (κ1) is 19.9. The van der Waals surface area contributed by atoms with Gasteiger partial charge in [0.15, 0.2) is 5.69 Å². The second kappa shape index (κ2) is 8.46. The van der Waals surface area contributed by atoms with Crippen LogP contribution in [-0.2, 0) is 29.0 Å². The van der Waals surface area contributed by atoms with Crippen molar-refractivity contribution in [2.45, 2.75) is 40.3 Å². The van der Waals surface area contributed by atoms with Crippen LogP contribution in [0.3, 0.4) is 0 Å². The van der Waals surface area contributed by atoms with Crippen LogP contribution in [-0.4, -0.2) is 46.8 Å². The number of aromatic nitrogens is 2. The van der Waals surface area contributed by atoms with E-state index in [-0.39, 0.29) is 18.4 Å². The number of esters is 1. The fourth-order valence-electron chi connectivity index (χ4n) is 3.48. The summed E-state index contributed by atoms with van der Waals surface area (Å²) in [4.78, 5) is 26.7. The molecule has 0 saturated carbocycles. The van der Waals surface area contributed by atoms with Gasteiger partial charge in [0, 0.05) is 36.7 Å². The average Bonchev–Trinajstić information content (AvgIpc) is 3.05. The number of hydrogen-bond acceptors (Lipinski definition) is 5. The molecule has 28 heavy (non-hydrogen) atoms. The summed E-state index contributed by atoms with van der Waals surface area (Å²) in [6.45, 7) is 7.36. The normalized spacial score (nSPS) is 13.4. The summed E-state index contributed by atoms with van der Waals surface area (Å²) in [5.41, 5.74) is 3.11. The molecule has 1 amide bonds. The van der Waals surface area contributed by atoms with E-state index in [4.69, 9.17) is 9.47 Å². The average molecular weight is 385 g/mol. The Balaban J connectivity index is 1.95. The van der Waals surface area contributed by atoms with Crippen LogP contribution in [0.2, 0.25) is 0 Å². The molecule has 0 saturated heterocycles. The largest absolute Gasteiger partial charge is 0.497 e. The third-order valence-electron chi connectivity index (χ3n) is 4.87. The fraction of sp³-hybridized carbons (Fsp3) is 0.476. The van der Waals surface area contributed by atoms with Gasteiger partial charge in [0.05, 0.1) is 20.3 Å². The molecule has 0 unspecified atom stereocenters. The Morgan fingerprint density at radius 1 is 1.29 bits per heavy atom. The van der Waals surface area contributed by atoms with Crippen LogP contribution in [0, 0.1) is 5.92 Å². The van der Waals surface area contributed by atoms with Gasteiger partial charge in [-0.05, 0) is 24.6 Å².